The van der Waals surface area contributed by atoms with Crippen LogP contribution in [0.2, 0.25) is 0 Å². The molecule has 1 aromatic rings. The Morgan fingerprint density at radius 3 is 2.50 bits per heavy atom. The zero-order chi connectivity index (χ0) is 16.4. The molecule has 0 bridgehead atoms. The number of nitrogens with zero attached hydrogens (tertiary/aromatic N) is 1. The van der Waals surface area contributed by atoms with E-state index in [0.29, 0.717) is 6.04 Å². The summed E-state index contributed by atoms with van der Waals surface area (Å²) in [5, 5.41) is 6.56. The molecule has 0 saturated carbocycles. The highest BCUT2D eigenvalue weighted by Gasteiger charge is 2.04. The lowest BCUT2D eigenvalue weighted by Crippen LogP contribution is -2.41. The van der Waals surface area contributed by atoms with Crippen LogP contribution in [0.3, 0.4) is 0 Å². The lowest BCUT2D eigenvalue weighted by atomic mass is 10.1. The Morgan fingerprint density at radius 2 is 1.91 bits per heavy atom. The average molecular weight is 307 g/mol. The number of benzene rings is 1. The van der Waals surface area contributed by atoms with Crippen molar-refractivity contribution in [2.45, 2.75) is 39.7 Å². The summed E-state index contributed by atoms with van der Waals surface area (Å²) in [5.41, 5.74) is 1.23. The van der Waals surface area contributed by atoms with Crippen molar-refractivity contribution < 1.29 is 9.47 Å². The van der Waals surface area contributed by atoms with Crippen molar-refractivity contribution in [3.8, 4) is 11.5 Å². The highest BCUT2D eigenvalue weighted by Crippen LogP contribution is 2.27. The van der Waals surface area contributed by atoms with Gasteiger partial charge in [0.15, 0.2) is 17.5 Å². The smallest absolute Gasteiger partial charge is 0.191 e. The van der Waals surface area contributed by atoms with Crippen LogP contribution in [0, 0.1) is 0 Å². The molecule has 0 aliphatic rings. The molecule has 0 aliphatic heterocycles. The predicted molar refractivity (Wildman–Crippen MR) is 92.1 cm³/mol. The molecule has 1 rings (SSSR count). The maximum Gasteiger partial charge on any atom is 0.191 e. The van der Waals surface area contributed by atoms with Gasteiger partial charge in [-0.2, -0.15) is 0 Å². The van der Waals surface area contributed by atoms with E-state index < -0.39 is 0 Å². The third-order valence-corrected chi connectivity index (χ3v) is 3.11. The van der Waals surface area contributed by atoms with E-state index in [2.05, 4.69) is 42.5 Å². The van der Waals surface area contributed by atoms with Crippen LogP contribution in [0.4, 0.5) is 0 Å². The van der Waals surface area contributed by atoms with E-state index in [4.69, 9.17) is 9.47 Å². The molecule has 0 aromatic heterocycles. The quantitative estimate of drug-likeness (QED) is 0.440. The summed E-state index contributed by atoms with van der Waals surface area (Å²) in [6.45, 7) is 7.94. The van der Waals surface area contributed by atoms with E-state index >= 15 is 0 Å². The van der Waals surface area contributed by atoms with Crippen LogP contribution in [0.25, 0.3) is 0 Å². The Bertz CT molecular complexity index is 473. The molecular weight excluding hydrogens is 278 g/mol. The van der Waals surface area contributed by atoms with Gasteiger partial charge in [0, 0.05) is 19.1 Å². The summed E-state index contributed by atoms with van der Waals surface area (Å²) < 4.78 is 10.6. The van der Waals surface area contributed by atoms with Crippen LogP contribution in [0.1, 0.15) is 32.8 Å². The molecule has 22 heavy (non-hydrogen) atoms. The van der Waals surface area contributed by atoms with Crippen molar-refractivity contribution in [1.82, 2.24) is 10.6 Å². The number of aliphatic imine (C=N–C) groups is 1. The molecule has 0 unspecified atom stereocenters. The fourth-order valence-electron chi connectivity index (χ4n) is 2.10. The zero-order valence-electron chi connectivity index (χ0n) is 14.4. The second kappa shape index (κ2) is 9.92. The second-order valence-electron chi connectivity index (χ2n) is 5.35. The van der Waals surface area contributed by atoms with Crippen molar-refractivity contribution in [3.05, 3.63) is 23.8 Å². The molecule has 0 atom stereocenters. The Labute approximate surface area is 134 Å². The highest BCUT2D eigenvalue weighted by molar-refractivity contribution is 5.79. The van der Waals surface area contributed by atoms with Crippen molar-refractivity contribution >= 4 is 5.96 Å². The molecule has 0 spiro atoms. The number of ether oxygens (including phenoxy) is 2. The number of guanidine groups is 1. The first kappa shape index (κ1) is 18.1. The van der Waals surface area contributed by atoms with Crippen molar-refractivity contribution in [3.63, 3.8) is 0 Å². The maximum atomic E-state index is 5.32. The van der Waals surface area contributed by atoms with Crippen molar-refractivity contribution in [1.29, 1.82) is 0 Å². The van der Waals surface area contributed by atoms with Crippen LogP contribution in [0.5, 0.6) is 11.5 Å². The van der Waals surface area contributed by atoms with Crippen molar-refractivity contribution in [2.75, 3.05) is 27.3 Å². The minimum Gasteiger partial charge on any atom is -0.493 e. The number of rotatable bonds is 8. The van der Waals surface area contributed by atoms with Gasteiger partial charge in [-0.25, -0.2) is 0 Å². The van der Waals surface area contributed by atoms with Crippen LogP contribution < -0.4 is 20.1 Å². The van der Waals surface area contributed by atoms with E-state index in [0.717, 1.165) is 43.4 Å². The first-order chi connectivity index (χ1) is 10.6. The van der Waals surface area contributed by atoms with Gasteiger partial charge in [-0.3, -0.25) is 4.99 Å². The van der Waals surface area contributed by atoms with Gasteiger partial charge >= 0.3 is 0 Å². The molecule has 0 saturated heterocycles. The number of aryl methyl sites for hydroxylation is 1. The van der Waals surface area contributed by atoms with Gasteiger partial charge in [0.25, 0.3) is 0 Å². The maximum absolute atomic E-state index is 5.32. The van der Waals surface area contributed by atoms with E-state index in [1.54, 1.807) is 14.2 Å². The van der Waals surface area contributed by atoms with Gasteiger partial charge in [-0.05, 0) is 51.3 Å². The Kier molecular flexibility index (Phi) is 8.18. The summed E-state index contributed by atoms with van der Waals surface area (Å²) >= 11 is 0. The first-order valence-electron chi connectivity index (χ1n) is 7.86. The van der Waals surface area contributed by atoms with Gasteiger partial charge in [0.05, 0.1) is 14.2 Å². The number of hydrogen-bond acceptors (Lipinski definition) is 3. The molecule has 0 aliphatic carbocycles. The molecule has 0 heterocycles. The van der Waals surface area contributed by atoms with Crippen LogP contribution >= 0.6 is 0 Å². The van der Waals surface area contributed by atoms with Crippen LogP contribution in [-0.2, 0) is 6.42 Å². The zero-order valence-corrected chi connectivity index (χ0v) is 14.4. The number of methoxy groups -OCH3 is 2. The topological polar surface area (TPSA) is 54.9 Å². The fourth-order valence-corrected chi connectivity index (χ4v) is 2.10. The standard InChI is InChI=1S/C17H29N3O2/c1-6-18-17(20-13(2)3)19-11-7-8-14-9-10-15(21-4)16(12-14)22-5/h9-10,12-13H,6-8,11H2,1-5H3,(H2,18,19,20). The fraction of sp³-hybridized carbons (Fsp3) is 0.588. The van der Waals surface area contributed by atoms with Crippen molar-refractivity contribution in [2.24, 2.45) is 4.99 Å². The summed E-state index contributed by atoms with van der Waals surface area (Å²) in [6.07, 6.45) is 1.95. The van der Waals surface area contributed by atoms with Gasteiger partial charge in [-0.1, -0.05) is 6.07 Å². The lowest BCUT2D eigenvalue weighted by molar-refractivity contribution is 0.354. The molecular formula is C17H29N3O2. The van der Waals surface area contributed by atoms with Gasteiger partial charge in [-0.15, -0.1) is 0 Å². The van der Waals surface area contributed by atoms with Crippen LogP contribution in [0.15, 0.2) is 23.2 Å². The summed E-state index contributed by atoms with van der Waals surface area (Å²) in [4.78, 5) is 4.58. The van der Waals surface area contributed by atoms with E-state index in [9.17, 15) is 0 Å². The molecule has 5 heteroatoms. The van der Waals surface area contributed by atoms with Gasteiger partial charge in [0.1, 0.15) is 0 Å². The lowest BCUT2D eigenvalue weighted by Gasteiger charge is -2.14. The number of hydrogen-bond donors (Lipinski definition) is 2. The minimum absolute atomic E-state index is 0.378. The Balaban J connectivity index is 2.52. The third kappa shape index (κ3) is 6.24. The summed E-state index contributed by atoms with van der Waals surface area (Å²) in [6, 6.07) is 6.42. The average Bonchev–Trinajstić information content (AvgIpc) is 2.50. The Hall–Kier alpha value is -1.91. The number of nitrogens with one attached hydrogen (secondary N) is 2. The van der Waals surface area contributed by atoms with E-state index in [-0.39, 0.29) is 0 Å². The summed E-state index contributed by atoms with van der Waals surface area (Å²) in [5.74, 6) is 2.42. The molecule has 0 fully saturated rings. The molecule has 0 radical (unpaired) electrons. The van der Waals surface area contributed by atoms with Gasteiger partial charge < -0.3 is 20.1 Å². The van der Waals surface area contributed by atoms with Gasteiger partial charge in [0.2, 0.25) is 0 Å². The molecule has 124 valence electrons. The molecule has 5 nitrogen and oxygen atoms in total. The van der Waals surface area contributed by atoms with E-state index in [1.165, 1.54) is 5.56 Å². The predicted octanol–water partition coefficient (Wildman–Crippen LogP) is 2.60. The Morgan fingerprint density at radius 1 is 1.18 bits per heavy atom. The van der Waals surface area contributed by atoms with E-state index in [1.807, 2.05) is 12.1 Å². The normalized spacial score (nSPS) is 11.5. The largest absolute Gasteiger partial charge is 0.493 e. The molecule has 2 N–H and O–H groups in total. The third-order valence-electron chi connectivity index (χ3n) is 3.11. The SMILES string of the molecule is CCNC(=NCCCc1ccc(OC)c(OC)c1)NC(C)C. The van der Waals surface area contributed by atoms with Crippen LogP contribution in [-0.4, -0.2) is 39.3 Å². The monoisotopic (exact) mass is 307 g/mol. The minimum atomic E-state index is 0.378. The molecule has 1 aromatic carbocycles. The first-order valence-corrected chi connectivity index (χ1v) is 7.86. The highest BCUT2D eigenvalue weighted by atomic mass is 16.5. The molecule has 0 amide bonds. The summed E-state index contributed by atoms with van der Waals surface area (Å²) in [7, 11) is 3.31. The second-order valence-corrected chi connectivity index (χ2v) is 5.35.